The molecule has 0 bridgehead atoms. The summed E-state index contributed by atoms with van der Waals surface area (Å²) in [5.74, 6) is -1.40. The van der Waals surface area contributed by atoms with Crippen molar-refractivity contribution in [3.8, 4) is 0 Å². The molecular formula is C20H20F3N7O3S. The van der Waals surface area contributed by atoms with Crippen molar-refractivity contribution in [1.82, 2.24) is 15.0 Å². The number of pyridine rings is 1. The lowest BCUT2D eigenvalue weighted by Crippen LogP contribution is -2.26. The molecule has 0 spiro atoms. The van der Waals surface area contributed by atoms with E-state index in [0.29, 0.717) is 11.9 Å². The summed E-state index contributed by atoms with van der Waals surface area (Å²) < 4.78 is 65.4. The van der Waals surface area contributed by atoms with Crippen molar-refractivity contribution < 1.29 is 26.4 Å². The summed E-state index contributed by atoms with van der Waals surface area (Å²) in [5.41, 5.74) is 5.02. The largest absolute Gasteiger partial charge is 0.421 e. The van der Waals surface area contributed by atoms with Gasteiger partial charge in [0.25, 0.3) is 0 Å². The molecule has 0 atom stereocenters. The second kappa shape index (κ2) is 9.51. The van der Waals surface area contributed by atoms with E-state index in [0.717, 1.165) is 10.6 Å². The second-order valence-corrected chi connectivity index (χ2v) is 9.09. The number of amides is 1. The van der Waals surface area contributed by atoms with Crippen molar-refractivity contribution in [3.63, 3.8) is 0 Å². The molecule has 34 heavy (non-hydrogen) atoms. The number of benzene rings is 1. The van der Waals surface area contributed by atoms with E-state index < -0.39 is 33.5 Å². The summed E-state index contributed by atoms with van der Waals surface area (Å²) in [6.45, 7) is -0.257. The topological polar surface area (TPSA) is 143 Å². The third-order valence-corrected chi connectivity index (χ3v) is 5.82. The van der Waals surface area contributed by atoms with Gasteiger partial charge in [-0.25, -0.2) is 13.4 Å². The Morgan fingerprint density at radius 2 is 1.91 bits per heavy atom. The Kier molecular flexibility index (Phi) is 6.91. The standard InChI is InChI=1S/C20H20F3N7O3S/c1-30(34(2,32)33)16-7-4-8-25-15(16)11-26-18-14(20(21,22)23)10-27-19(29-18)28-13-6-3-5-12(9-13)17(24)31/h3-10H,11H2,1-2H3,(H2,24,31)(H2,26,27,28,29). The van der Waals surface area contributed by atoms with E-state index in [1.165, 1.54) is 43.6 Å². The molecule has 2 aromatic heterocycles. The first-order chi connectivity index (χ1) is 15.9. The SMILES string of the molecule is CN(c1cccnc1CNc1nc(Nc2cccc(C(N)=O)c2)ncc1C(F)(F)F)S(C)(=O)=O. The lowest BCUT2D eigenvalue weighted by atomic mass is 10.2. The molecule has 0 fully saturated rings. The Balaban J connectivity index is 1.92. The Morgan fingerprint density at radius 3 is 2.56 bits per heavy atom. The van der Waals surface area contributed by atoms with Gasteiger partial charge < -0.3 is 16.4 Å². The summed E-state index contributed by atoms with van der Waals surface area (Å²) >= 11 is 0. The van der Waals surface area contributed by atoms with Crippen LogP contribution < -0.4 is 20.7 Å². The number of hydrogen-bond acceptors (Lipinski definition) is 8. The maximum Gasteiger partial charge on any atom is 0.421 e. The number of alkyl halides is 3. The molecule has 0 saturated carbocycles. The van der Waals surface area contributed by atoms with Crippen LogP contribution in [0.2, 0.25) is 0 Å². The van der Waals surface area contributed by atoms with Crippen molar-refractivity contribution in [1.29, 1.82) is 0 Å². The van der Waals surface area contributed by atoms with E-state index in [4.69, 9.17) is 5.73 Å². The van der Waals surface area contributed by atoms with Gasteiger partial charge in [-0.3, -0.25) is 14.1 Å². The van der Waals surface area contributed by atoms with Gasteiger partial charge in [-0.15, -0.1) is 0 Å². The zero-order chi connectivity index (χ0) is 25.1. The number of hydrogen-bond donors (Lipinski definition) is 3. The van der Waals surface area contributed by atoms with Crippen molar-refractivity contribution in [2.45, 2.75) is 12.7 Å². The smallest absolute Gasteiger partial charge is 0.366 e. The highest BCUT2D eigenvalue weighted by Crippen LogP contribution is 2.34. The summed E-state index contributed by atoms with van der Waals surface area (Å²) in [4.78, 5) is 23.1. The normalized spacial score (nSPS) is 11.7. The Hall–Kier alpha value is -3.94. The summed E-state index contributed by atoms with van der Waals surface area (Å²) in [5, 5.41) is 5.29. The molecule has 0 aliphatic carbocycles. The van der Waals surface area contributed by atoms with E-state index in [1.54, 1.807) is 6.07 Å². The number of carbonyl (C=O) groups is 1. The lowest BCUT2D eigenvalue weighted by Gasteiger charge is -2.20. The predicted octanol–water partition coefficient (Wildman–Crippen LogP) is 2.74. The van der Waals surface area contributed by atoms with Gasteiger partial charge in [-0.2, -0.15) is 18.2 Å². The monoisotopic (exact) mass is 495 g/mol. The third-order valence-electron chi connectivity index (χ3n) is 4.62. The number of aromatic nitrogens is 3. The molecule has 3 aromatic rings. The molecule has 2 heterocycles. The van der Waals surface area contributed by atoms with Gasteiger partial charge in [-0.05, 0) is 30.3 Å². The zero-order valence-electron chi connectivity index (χ0n) is 18.0. The number of rotatable bonds is 8. The highest BCUT2D eigenvalue weighted by atomic mass is 32.2. The van der Waals surface area contributed by atoms with Crippen molar-refractivity contribution in [2.75, 3.05) is 28.2 Å². The van der Waals surface area contributed by atoms with Gasteiger partial charge in [-0.1, -0.05) is 6.07 Å². The number of nitrogens with one attached hydrogen (secondary N) is 2. The molecule has 0 saturated heterocycles. The van der Waals surface area contributed by atoms with Crippen molar-refractivity contribution in [3.05, 3.63) is 65.6 Å². The highest BCUT2D eigenvalue weighted by Gasteiger charge is 2.35. The first kappa shape index (κ1) is 24.7. The molecule has 180 valence electrons. The van der Waals surface area contributed by atoms with Crippen LogP contribution in [0.5, 0.6) is 0 Å². The Morgan fingerprint density at radius 1 is 1.18 bits per heavy atom. The maximum absolute atomic E-state index is 13.5. The fourth-order valence-corrected chi connectivity index (χ4v) is 3.39. The number of anilines is 4. The molecule has 0 unspecified atom stereocenters. The number of primary amides is 1. The second-order valence-electron chi connectivity index (χ2n) is 7.08. The van der Waals surface area contributed by atoms with Crippen LogP contribution in [-0.4, -0.2) is 42.6 Å². The fraction of sp³-hybridized carbons (Fsp3) is 0.200. The highest BCUT2D eigenvalue weighted by molar-refractivity contribution is 7.92. The van der Waals surface area contributed by atoms with Gasteiger partial charge in [0.15, 0.2) is 0 Å². The molecule has 14 heteroatoms. The minimum Gasteiger partial charge on any atom is -0.366 e. The minimum absolute atomic E-state index is 0.174. The average molecular weight is 495 g/mol. The molecule has 1 aromatic carbocycles. The van der Waals surface area contributed by atoms with E-state index in [9.17, 15) is 26.4 Å². The molecule has 1 amide bonds. The number of carbonyl (C=O) groups excluding carboxylic acids is 1. The summed E-state index contributed by atoms with van der Waals surface area (Å²) in [6, 6.07) is 8.96. The van der Waals surface area contributed by atoms with Gasteiger partial charge in [0.1, 0.15) is 11.4 Å². The van der Waals surface area contributed by atoms with Gasteiger partial charge in [0, 0.05) is 30.7 Å². The zero-order valence-corrected chi connectivity index (χ0v) is 18.8. The number of nitrogens with zero attached hydrogens (tertiary/aromatic N) is 4. The van der Waals surface area contributed by atoms with E-state index in [1.807, 2.05) is 0 Å². The van der Waals surface area contributed by atoms with Crippen LogP contribution in [0.4, 0.5) is 36.3 Å². The van der Waals surface area contributed by atoms with E-state index in [-0.39, 0.29) is 29.4 Å². The van der Waals surface area contributed by atoms with Gasteiger partial charge in [0.05, 0.1) is 24.2 Å². The number of halogens is 3. The van der Waals surface area contributed by atoms with Crippen molar-refractivity contribution >= 4 is 39.1 Å². The van der Waals surface area contributed by atoms with Crippen LogP contribution in [-0.2, 0) is 22.7 Å². The van der Waals surface area contributed by atoms with Crippen LogP contribution in [0.1, 0.15) is 21.6 Å². The Labute approximate surface area is 193 Å². The van der Waals surface area contributed by atoms with Gasteiger partial charge in [0.2, 0.25) is 21.9 Å². The van der Waals surface area contributed by atoms with Gasteiger partial charge >= 0.3 is 6.18 Å². The molecule has 0 aliphatic heterocycles. The molecule has 3 rings (SSSR count). The quantitative estimate of drug-likeness (QED) is 0.433. The lowest BCUT2D eigenvalue weighted by molar-refractivity contribution is -0.137. The summed E-state index contributed by atoms with van der Waals surface area (Å²) in [6.07, 6.45) is -1.77. The third kappa shape index (κ3) is 5.89. The minimum atomic E-state index is -4.76. The molecule has 4 N–H and O–H groups in total. The van der Waals surface area contributed by atoms with Crippen LogP contribution in [0.25, 0.3) is 0 Å². The summed E-state index contributed by atoms with van der Waals surface area (Å²) in [7, 11) is -2.32. The average Bonchev–Trinajstić information content (AvgIpc) is 2.76. The molecule has 0 aliphatic rings. The molecule has 0 radical (unpaired) electrons. The van der Waals surface area contributed by atoms with E-state index >= 15 is 0 Å². The van der Waals surface area contributed by atoms with Crippen molar-refractivity contribution in [2.24, 2.45) is 5.73 Å². The van der Waals surface area contributed by atoms with Crippen LogP contribution in [0.15, 0.2) is 48.8 Å². The predicted molar refractivity (Wildman–Crippen MR) is 120 cm³/mol. The molecule has 10 nitrogen and oxygen atoms in total. The maximum atomic E-state index is 13.5. The van der Waals surface area contributed by atoms with Crippen LogP contribution in [0.3, 0.4) is 0 Å². The van der Waals surface area contributed by atoms with E-state index in [2.05, 4.69) is 25.6 Å². The first-order valence-corrected chi connectivity index (χ1v) is 11.4. The number of nitrogens with two attached hydrogens (primary N) is 1. The molecular weight excluding hydrogens is 475 g/mol. The first-order valence-electron chi connectivity index (χ1n) is 9.59. The van der Waals surface area contributed by atoms with Crippen LogP contribution in [0, 0.1) is 0 Å². The number of sulfonamides is 1. The fourth-order valence-electron chi connectivity index (χ4n) is 2.86. The Bertz CT molecular complexity index is 1320. The van der Waals surface area contributed by atoms with Crippen LogP contribution >= 0.6 is 0 Å².